The van der Waals surface area contributed by atoms with Crippen molar-refractivity contribution in [2.24, 2.45) is 4.99 Å². The van der Waals surface area contributed by atoms with Crippen LogP contribution in [0.3, 0.4) is 0 Å². The maximum absolute atomic E-state index is 11.5. The van der Waals surface area contributed by atoms with Crippen molar-refractivity contribution in [3.05, 3.63) is 58.1 Å². The fraction of sp³-hybridized carbons (Fsp3) is 0.364. The lowest BCUT2D eigenvalue weighted by molar-refractivity contribution is 0.224. The molecule has 2 aliphatic heterocycles. The number of oxazole rings is 1. The normalized spacial score (nSPS) is 16.5. The van der Waals surface area contributed by atoms with E-state index >= 15 is 0 Å². The lowest BCUT2D eigenvalue weighted by Crippen LogP contribution is -2.46. The van der Waals surface area contributed by atoms with Gasteiger partial charge in [0.2, 0.25) is 0 Å². The molecule has 1 N–H and O–H groups in total. The molecule has 7 heteroatoms. The first-order valence-electron chi connectivity index (χ1n) is 10.1. The third kappa shape index (κ3) is 3.78. The third-order valence-corrected chi connectivity index (χ3v) is 5.63. The van der Waals surface area contributed by atoms with Gasteiger partial charge in [-0.25, -0.2) is 4.79 Å². The molecule has 0 bridgehead atoms. The van der Waals surface area contributed by atoms with Crippen LogP contribution in [0.15, 0.2) is 50.6 Å². The molecule has 3 heterocycles. The summed E-state index contributed by atoms with van der Waals surface area (Å²) in [4.78, 5) is 23.3. The van der Waals surface area contributed by atoms with Gasteiger partial charge in [-0.2, -0.15) is 0 Å². The molecule has 1 saturated heterocycles. The van der Waals surface area contributed by atoms with Gasteiger partial charge < -0.3 is 14.1 Å². The van der Waals surface area contributed by atoms with E-state index in [4.69, 9.17) is 9.15 Å². The minimum absolute atomic E-state index is 0.401. The van der Waals surface area contributed by atoms with E-state index in [0.717, 1.165) is 62.6 Å². The number of ether oxygens (including phenoxy) is 1. The maximum atomic E-state index is 11.5. The van der Waals surface area contributed by atoms with E-state index in [9.17, 15) is 4.79 Å². The molecular formula is C22H24N4O3. The standard InChI is InChI=1S/C22H24N4O3/c27-22-24-19-3-1-4-20(21(19)29-22)26-10-8-25(9-11-26)7-2-12-28-18-6-5-16-14-23-15-17(16)13-18/h1,3-6,13-14H,2,7-12,15H2,(H,24,27). The quantitative estimate of drug-likeness (QED) is 0.653. The van der Waals surface area contributed by atoms with Crippen molar-refractivity contribution < 1.29 is 9.15 Å². The second-order valence-corrected chi connectivity index (χ2v) is 7.53. The SMILES string of the molecule is O=c1[nH]c2cccc(N3CCN(CCCOc4ccc5c(c4)CN=C5)CC3)c2o1. The summed E-state index contributed by atoms with van der Waals surface area (Å²) in [5, 5.41) is 0. The van der Waals surface area contributed by atoms with E-state index in [-0.39, 0.29) is 0 Å². The summed E-state index contributed by atoms with van der Waals surface area (Å²) < 4.78 is 11.3. The Bertz CT molecular complexity index is 1090. The monoisotopic (exact) mass is 392 g/mol. The average molecular weight is 392 g/mol. The zero-order chi connectivity index (χ0) is 19.6. The van der Waals surface area contributed by atoms with E-state index in [1.165, 1.54) is 11.1 Å². The van der Waals surface area contributed by atoms with Crippen LogP contribution in [-0.4, -0.2) is 55.4 Å². The molecule has 0 aliphatic carbocycles. The van der Waals surface area contributed by atoms with Gasteiger partial charge in [-0.3, -0.25) is 14.9 Å². The molecule has 0 spiro atoms. The number of nitrogens with one attached hydrogen (secondary N) is 1. The highest BCUT2D eigenvalue weighted by Gasteiger charge is 2.20. The van der Waals surface area contributed by atoms with Crippen molar-refractivity contribution in [3.63, 3.8) is 0 Å². The predicted molar refractivity (Wildman–Crippen MR) is 113 cm³/mol. The Labute approximate surface area is 168 Å². The van der Waals surface area contributed by atoms with Crippen molar-refractivity contribution in [2.75, 3.05) is 44.2 Å². The second kappa shape index (κ2) is 7.75. The first-order chi connectivity index (χ1) is 14.3. The molecule has 2 aliphatic rings. The number of H-pyrrole nitrogens is 1. The maximum Gasteiger partial charge on any atom is 0.417 e. The minimum Gasteiger partial charge on any atom is -0.494 e. The van der Waals surface area contributed by atoms with Gasteiger partial charge in [0, 0.05) is 38.9 Å². The molecule has 0 amide bonds. The molecule has 0 radical (unpaired) electrons. The van der Waals surface area contributed by atoms with Crippen molar-refractivity contribution in [3.8, 4) is 5.75 Å². The van der Waals surface area contributed by atoms with Crippen LogP contribution < -0.4 is 15.4 Å². The molecule has 0 atom stereocenters. The van der Waals surface area contributed by atoms with Gasteiger partial charge >= 0.3 is 5.76 Å². The number of nitrogens with zero attached hydrogens (tertiary/aromatic N) is 3. The number of aliphatic imine (C=N–C) groups is 1. The van der Waals surface area contributed by atoms with Crippen molar-refractivity contribution >= 4 is 23.0 Å². The van der Waals surface area contributed by atoms with Crippen molar-refractivity contribution in [2.45, 2.75) is 13.0 Å². The first-order valence-corrected chi connectivity index (χ1v) is 10.1. The molecule has 2 aromatic carbocycles. The minimum atomic E-state index is -0.401. The molecule has 150 valence electrons. The summed E-state index contributed by atoms with van der Waals surface area (Å²) in [5.74, 6) is 0.530. The molecule has 7 nitrogen and oxygen atoms in total. The van der Waals surface area contributed by atoms with Crippen LogP contribution in [0.4, 0.5) is 5.69 Å². The fourth-order valence-corrected chi connectivity index (χ4v) is 4.08. The number of aromatic amines is 1. The molecule has 5 rings (SSSR count). The highest BCUT2D eigenvalue weighted by molar-refractivity contribution is 5.86. The lowest BCUT2D eigenvalue weighted by Gasteiger charge is -2.35. The van der Waals surface area contributed by atoms with Crippen molar-refractivity contribution in [1.82, 2.24) is 9.88 Å². The summed E-state index contributed by atoms with van der Waals surface area (Å²) >= 11 is 0. The topological polar surface area (TPSA) is 74.1 Å². The smallest absolute Gasteiger partial charge is 0.417 e. The molecule has 0 unspecified atom stereocenters. The Balaban J connectivity index is 1.09. The molecule has 1 aromatic heterocycles. The predicted octanol–water partition coefficient (Wildman–Crippen LogP) is 2.64. The zero-order valence-electron chi connectivity index (χ0n) is 16.3. The van der Waals surface area contributed by atoms with Crippen LogP contribution in [0, 0.1) is 0 Å². The number of benzene rings is 2. The highest BCUT2D eigenvalue weighted by Crippen LogP contribution is 2.26. The van der Waals surface area contributed by atoms with Gasteiger partial charge in [0.15, 0.2) is 5.58 Å². The second-order valence-electron chi connectivity index (χ2n) is 7.53. The van der Waals surface area contributed by atoms with Crippen LogP contribution in [0.2, 0.25) is 0 Å². The average Bonchev–Trinajstić information content (AvgIpc) is 3.36. The number of hydrogen-bond donors (Lipinski definition) is 1. The lowest BCUT2D eigenvalue weighted by atomic mass is 10.1. The molecular weight excluding hydrogens is 368 g/mol. The molecule has 1 fully saturated rings. The molecule has 0 saturated carbocycles. The van der Waals surface area contributed by atoms with Gasteiger partial charge in [-0.1, -0.05) is 6.07 Å². The van der Waals surface area contributed by atoms with Crippen LogP contribution in [0.25, 0.3) is 11.1 Å². The Morgan fingerprint density at radius 2 is 2.03 bits per heavy atom. The summed E-state index contributed by atoms with van der Waals surface area (Å²) in [6, 6.07) is 12.0. The molecule has 29 heavy (non-hydrogen) atoms. The first kappa shape index (κ1) is 18.0. The van der Waals surface area contributed by atoms with Gasteiger partial charge in [-0.15, -0.1) is 0 Å². The number of para-hydroxylation sites is 1. The van der Waals surface area contributed by atoms with Gasteiger partial charge in [0.05, 0.1) is 24.4 Å². The van der Waals surface area contributed by atoms with Crippen LogP contribution in [0.1, 0.15) is 17.5 Å². The summed E-state index contributed by atoms with van der Waals surface area (Å²) in [7, 11) is 0. The third-order valence-electron chi connectivity index (χ3n) is 5.63. The molecule has 3 aromatic rings. The van der Waals surface area contributed by atoms with Crippen LogP contribution >= 0.6 is 0 Å². The zero-order valence-corrected chi connectivity index (χ0v) is 16.3. The number of rotatable bonds is 6. The van der Waals surface area contributed by atoms with Gasteiger partial charge in [-0.05, 0) is 47.9 Å². The van der Waals surface area contributed by atoms with E-state index in [2.05, 4.69) is 31.9 Å². The summed E-state index contributed by atoms with van der Waals surface area (Å²) in [6.45, 7) is 6.30. The van der Waals surface area contributed by atoms with Crippen LogP contribution in [0.5, 0.6) is 5.75 Å². The Kier molecular flexibility index (Phi) is 4.81. The Hall–Kier alpha value is -3.06. The number of aromatic nitrogens is 1. The number of hydrogen-bond acceptors (Lipinski definition) is 6. The number of fused-ring (bicyclic) bond motifs is 2. The van der Waals surface area contributed by atoms with E-state index < -0.39 is 5.76 Å². The Morgan fingerprint density at radius 1 is 1.14 bits per heavy atom. The number of anilines is 1. The van der Waals surface area contributed by atoms with E-state index in [1.54, 1.807) is 0 Å². The summed E-state index contributed by atoms with van der Waals surface area (Å²) in [5.41, 5.74) is 4.84. The Morgan fingerprint density at radius 3 is 2.93 bits per heavy atom. The van der Waals surface area contributed by atoms with E-state index in [1.807, 2.05) is 30.5 Å². The van der Waals surface area contributed by atoms with Gasteiger partial charge in [0.25, 0.3) is 0 Å². The van der Waals surface area contributed by atoms with Crippen LogP contribution in [-0.2, 0) is 6.54 Å². The largest absolute Gasteiger partial charge is 0.494 e. The van der Waals surface area contributed by atoms with Crippen molar-refractivity contribution in [1.29, 1.82) is 0 Å². The fourth-order valence-electron chi connectivity index (χ4n) is 4.08. The number of piperazine rings is 1. The highest BCUT2D eigenvalue weighted by atomic mass is 16.5. The summed E-state index contributed by atoms with van der Waals surface area (Å²) in [6.07, 6.45) is 2.92. The van der Waals surface area contributed by atoms with E-state index in [0.29, 0.717) is 12.2 Å². The van der Waals surface area contributed by atoms with Gasteiger partial charge in [0.1, 0.15) is 5.75 Å².